The Kier molecular flexibility index (Phi) is 7.20. The molecule has 5 nitrogen and oxygen atoms in total. The molecule has 0 saturated carbocycles. The van der Waals surface area contributed by atoms with Crippen molar-refractivity contribution in [1.82, 2.24) is 5.32 Å². The van der Waals surface area contributed by atoms with E-state index in [1.54, 1.807) is 30.3 Å². The summed E-state index contributed by atoms with van der Waals surface area (Å²) in [6.07, 6.45) is 1.37. The monoisotopic (exact) mass is 606 g/mol. The van der Waals surface area contributed by atoms with Gasteiger partial charge in [-0.05, 0) is 97.7 Å². The van der Waals surface area contributed by atoms with Gasteiger partial charge in [-0.25, -0.2) is 13.7 Å². The lowest BCUT2D eigenvalue weighted by atomic mass is 10.1. The molecule has 10 heteroatoms. The Bertz CT molecular complexity index is 1340. The molecule has 1 fully saturated rings. The molecule has 0 aliphatic carbocycles. The average Bonchev–Trinajstić information content (AvgIpc) is 2.77. The number of benzene rings is 3. The van der Waals surface area contributed by atoms with Crippen molar-refractivity contribution in [3.8, 4) is 5.75 Å². The number of nitrogens with zero attached hydrogens (tertiary/aromatic N) is 1. The first-order chi connectivity index (χ1) is 16.2. The van der Waals surface area contributed by atoms with Crippen LogP contribution in [-0.2, 0) is 16.2 Å². The van der Waals surface area contributed by atoms with Crippen LogP contribution in [0.1, 0.15) is 11.1 Å². The Balaban J connectivity index is 1.62. The third-order valence-electron chi connectivity index (χ3n) is 4.80. The van der Waals surface area contributed by atoms with E-state index >= 15 is 0 Å². The van der Waals surface area contributed by atoms with E-state index in [2.05, 4.69) is 37.2 Å². The first-order valence-electron chi connectivity index (χ1n) is 9.77. The van der Waals surface area contributed by atoms with Crippen molar-refractivity contribution in [3.05, 3.63) is 97.9 Å². The Labute approximate surface area is 215 Å². The Morgan fingerprint density at radius 3 is 2.38 bits per heavy atom. The molecule has 0 bridgehead atoms. The van der Waals surface area contributed by atoms with Crippen molar-refractivity contribution in [1.29, 1.82) is 0 Å². The molecule has 1 N–H and O–H groups in total. The average molecular weight is 608 g/mol. The molecule has 4 rings (SSSR count). The van der Waals surface area contributed by atoms with Gasteiger partial charge in [0.25, 0.3) is 11.8 Å². The minimum Gasteiger partial charge on any atom is -0.487 e. The summed E-state index contributed by atoms with van der Waals surface area (Å²) in [5.74, 6) is -2.00. The number of rotatable bonds is 5. The van der Waals surface area contributed by atoms with Gasteiger partial charge in [0, 0.05) is 0 Å². The molecule has 1 aliphatic rings. The van der Waals surface area contributed by atoms with Crippen molar-refractivity contribution in [3.63, 3.8) is 0 Å². The van der Waals surface area contributed by atoms with Crippen molar-refractivity contribution >= 4 is 72.8 Å². The van der Waals surface area contributed by atoms with Crippen molar-refractivity contribution in [2.45, 2.75) is 6.61 Å². The third kappa shape index (κ3) is 5.08. The van der Waals surface area contributed by atoms with Crippen LogP contribution in [0.4, 0.5) is 14.5 Å². The van der Waals surface area contributed by atoms with E-state index in [0.29, 0.717) is 25.8 Å². The zero-order chi connectivity index (χ0) is 24.4. The van der Waals surface area contributed by atoms with Crippen LogP contribution in [0.15, 0.2) is 75.2 Å². The van der Waals surface area contributed by atoms with E-state index < -0.39 is 17.6 Å². The number of nitrogens with one attached hydrogen (secondary N) is 1. The van der Waals surface area contributed by atoms with Gasteiger partial charge >= 0.3 is 0 Å². The summed E-state index contributed by atoms with van der Waals surface area (Å²) in [5.41, 5.74) is 0.867. The number of thiocarbonyl (C=S) groups is 1. The van der Waals surface area contributed by atoms with Gasteiger partial charge in [0.15, 0.2) is 5.11 Å². The van der Waals surface area contributed by atoms with Crippen LogP contribution in [0.2, 0.25) is 0 Å². The van der Waals surface area contributed by atoms with Crippen molar-refractivity contribution in [2.75, 3.05) is 4.90 Å². The highest BCUT2D eigenvalue weighted by Crippen LogP contribution is 2.36. The maximum atomic E-state index is 14.3. The molecule has 0 spiro atoms. The van der Waals surface area contributed by atoms with E-state index in [9.17, 15) is 18.4 Å². The van der Waals surface area contributed by atoms with Crippen LogP contribution < -0.4 is 15.0 Å². The first kappa shape index (κ1) is 24.2. The predicted molar refractivity (Wildman–Crippen MR) is 135 cm³/mol. The number of ether oxygens (including phenoxy) is 1. The lowest BCUT2D eigenvalue weighted by Crippen LogP contribution is -2.54. The molecule has 1 heterocycles. The van der Waals surface area contributed by atoms with Gasteiger partial charge in [-0.1, -0.05) is 24.3 Å². The van der Waals surface area contributed by atoms with Crippen LogP contribution in [0.5, 0.6) is 5.75 Å². The summed E-state index contributed by atoms with van der Waals surface area (Å²) in [6, 6.07) is 15.0. The van der Waals surface area contributed by atoms with Crippen LogP contribution in [0.25, 0.3) is 6.08 Å². The molecule has 3 aromatic carbocycles. The van der Waals surface area contributed by atoms with E-state index in [4.69, 9.17) is 17.0 Å². The number of amides is 2. The van der Waals surface area contributed by atoms with Crippen molar-refractivity contribution in [2.24, 2.45) is 0 Å². The highest BCUT2D eigenvalue weighted by atomic mass is 79.9. The zero-order valence-electron chi connectivity index (χ0n) is 17.2. The summed E-state index contributed by atoms with van der Waals surface area (Å²) in [7, 11) is 0. The number of halogens is 4. The summed E-state index contributed by atoms with van der Waals surface area (Å²) < 4.78 is 34.6. The molecule has 0 aromatic heterocycles. The van der Waals surface area contributed by atoms with Gasteiger partial charge in [-0.15, -0.1) is 0 Å². The smallest absolute Gasteiger partial charge is 0.270 e. The summed E-state index contributed by atoms with van der Waals surface area (Å²) in [4.78, 5) is 26.6. The molecular formula is C24H14Br2F2N2O3S. The minimum absolute atomic E-state index is 0.0631. The van der Waals surface area contributed by atoms with Crippen LogP contribution >= 0.6 is 44.1 Å². The lowest BCUT2D eigenvalue weighted by molar-refractivity contribution is -0.122. The second-order valence-electron chi connectivity index (χ2n) is 7.14. The lowest BCUT2D eigenvalue weighted by Gasteiger charge is -2.29. The summed E-state index contributed by atoms with van der Waals surface area (Å²) >= 11 is 11.9. The topological polar surface area (TPSA) is 58.6 Å². The Morgan fingerprint density at radius 1 is 1.00 bits per heavy atom. The maximum absolute atomic E-state index is 14.3. The minimum atomic E-state index is -0.752. The summed E-state index contributed by atoms with van der Waals surface area (Å²) in [5, 5.41) is 2.22. The molecule has 34 heavy (non-hydrogen) atoms. The van der Waals surface area contributed by atoms with Crippen LogP contribution in [-0.4, -0.2) is 16.9 Å². The van der Waals surface area contributed by atoms with E-state index in [-0.39, 0.29) is 28.8 Å². The second-order valence-corrected chi connectivity index (χ2v) is 9.24. The number of carbonyl (C=O) groups excluding carboxylic acids is 2. The molecule has 3 aromatic rings. The van der Waals surface area contributed by atoms with Gasteiger partial charge in [-0.2, -0.15) is 0 Å². The van der Waals surface area contributed by atoms with Crippen LogP contribution in [0, 0.1) is 11.6 Å². The van der Waals surface area contributed by atoms with E-state index in [0.717, 1.165) is 4.90 Å². The highest BCUT2D eigenvalue weighted by molar-refractivity contribution is 9.11. The zero-order valence-corrected chi connectivity index (χ0v) is 21.1. The van der Waals surface area contributed by atoms with Gasteiger partial charge in [-0.3, -0.25) is 14.9 Å². The second kappa shape index (κ2) is 10.1. The normalized spacial score (nSPS) is 15.0. The number of anilines is 1. The molecule has 1 saturated heterocycles. The Hall–Kier alpha value is -2.95. The molecule has 1 aliphatic heterocycles. The van der Waals surface area contributed by atoms with Gasteiger partial charge in [0.2, 0.25) is 0 Å². The number of hydrogen-bond acceptors (Lipinski definition) is 4. The van der Waals surface area contributed by atoms with Gasteiger partial charge in [0.1, 0.15) is 29.6 Å². The summed E-state index contributed by atoms with van der Waals surface area (Å²) in [6.45, 7) is 0.130. The molecule has 0 radical (unpaired) electrons. The largest absolute Gasteiger partial charge is 0.487 e. The van der Waals surface area contributed by atoms with Gasteiger partial charge in [0.05, 0.1) is 14.6 Å². The quantitative estimate of drug-likeness (QED) is 0.223. The Morgan fingerprint density at radius 2 is 1.71 bits per heavy atom. The number of carbonyl (C=O) groups is 2. The fraction of sp³-hybridized carbons (Fsp3) is 0.0417. The van der Waals surface area contributed by atoms with E-state index in [1.807, 2.05) is 0 Å². The highest BCUT2D eigenvalue weighted by Gasteiger charge is 2.35. The fourth-order valence-corrected chi connectivity index (χ4v) is 4.98. The predicted octanol–water partition coefficient (Wildman–Crippen LogP) is 5.90. The maximum Gasteiger partial charge on any atom is 0.270 e. The molecule has 172 valence electrons. The fourth-order valence-electron chi connectivity index (χ4n) is 3.26. The standard InChI is InChI=1S/C24H14Br2F2N2O3S/c25-17-10-14(11-18(26)21(17)33-12-13-4-3-5-15(27)8-13)9-16-22(31)29-24(34)30(23(16)32)20-7-2-1-6-19(20)28/h1-11H,12H2,(H,29,31,34)/b16-9+. The first-order valence-corrected chi connectivity index (χ1v) is 11.8. The van der Waals surface area contributed by atoms with Gasteiger partial charge < -0.3 is 4.74 Å². The van der Waals surface area contributed by atoms with Crippen molar-refractivity contribution < 1.29 is 23.1 Å². The molecule has 0 atom stereocenters. The molecular weight excluding hydrogens is 594 g/mol. The molecule has 2 amide bonds. The number of hydrogen-bond donors (Lipinski definition) is 1. The number of para-hydroxylation sites is 1. The third-order valence-corrected chi connectivity index (χ3v) is 6.26. The van der Waals surface area contributed by atoms with Crippen LogP contribution in [0.3, 0.4) is 0 Å². The van der Waals surface area contributed by atoms with E-state index in [1.165, 1.54) is 36.4 Å². The molecule has 0 unspecified atom stereocenters. The SMILES string of the molecule is O=C1NC(=S)N(c2ccccc2F)C(=O)/C1=C/c1cc(Br)c(OCc2cccc(F)c2)c(Br)c1.